The van der Waals surface area contributed by atoms with Crippen LogP contribution in [0.3, 0.4) is 0 Å². The molecule has 2 aromatic heterocycles. The maximum Gasteiger partial charge on any atom is 0.573 e. The van der Waals surface area contributed by atoms with Crippen LogP contribution in [0.1, 0.15) is 35.6 Å². The molecule has 1 atom stereocenters. The Hall–Kier alpha value is -3.70. The van der Waals surface area contributed by atoms with Crippen LogP contribution >= 0.6 is 24.0 Å². The first-order valence-electron chi connectivity index (χ1n) is 13.1. The fourth-order valence-corrected chi connectivity index (χ4v) is 5.29. The second kappa shape index (κ2) is 12.7. The number of imidazole rings is 1. The van der Waals surface area contributed by atoms with Gasteiger partial charge in [0.05, 0.1) is 11.4 Å². The smallest absolute Gasteiger partial charge is 0.406 e. The molecule has 0 unspecified atom stereocenters. The van der Waals surface area contributed by atoms with E-state index < -0.39 is 12.2 Å². The number of fused-ring (bicyclic) bond motifs is 1. The standard InChI is InChI=1S/C29H28ClF4N5O2.ClH/c1-3-24-27(39-11-10-20(30)15-26(39)36-24)28(40)35-16-19-4-9-25(23(31)14-19)37-12-13-38(18(2)17-37)21-5-7-22(8-6-21)41-29(32,33)34;/h4-11,14-15,18H,3,12-13,16-17H2,1-2H3,(H,35,40);1H/t18-;/m1./s1. The molecule has 13 heteroatoms. The molecule has 1 aliphatic rings. The third-order valence-corrected chi connectivity index (χ3v) is 7.28. The number of ether oxygens (including phenoxy) is 1. The lowest BCUT2D eigenvalue weighted by atomic mass is 10.1. The van der Waals surface area contributed by atoms with Crippen LogP contribution in [0.5, 0.6) is 5.75 Å². The van der Waals surface area contributed by atoms with Crippen molar-refractivity contribution >= 4 is 46.9 Å². The van der Waals surface area contributed by atoms with Crippen molar-refractivity contribution in [3.05, 3.63) is 88.6 Å². The van der Waals surface area contributed by atoms with Gasteiger partial charge in [-0.2, -0.15) is 0 Å². The molecule has 1 amide bonds. The summed E-state index contributed by atoms with van der Waals surface area (Å²) in [4.78, 5) is 21.6. The molecular weight excluding hydrogens is 597 g/mol. The minimum Gasteiger partial charge on any atom is -0.406 e. The van der Waals surface area contributed by atoms with Gasteiger partial charge in [-0.1, -0.05) is 24.6 Å². The summed E-state index contributed by atoms with van der Waals surface area (Å²) in [5, 5.41) is 3.39. The van der Waals surface area contributed by atoms with Crippen molar-refractivity contribution in [3.8, 4) is 5.75 Å². The number of nitrogens with one attached hydrogen (secondary N) is 1. The molecule has 7 nitrogen and oxygen atoms in total. The zero-order valence-corrected chi connectivity index (χ0v) is 24.4. The van der Waals surface area contributed by atoms with Gasteiger partial charge >= 0.3 is 6.36 Å². The van der Waals surface area contributed by atoms with Crippen LogP contribution in [-0.2, 0) is 13.0 Å². The summed E-state index contributed by atoms with van der Waals surface area (Å²) in [7, 11) is 0. The minimum absolute atomic E-state index is 0. The summed E-state index contributed by atoms with van der Waals surface area (Å²) < 4.78 is 58.2. The number of aryl methyl sites for hydroxylation is 1. The Morgan fingerprint density at radius 1 is 1.12 bits per heavy atom. The van der Waals surface area contributed by atoms with Crippen molar-refractivity contribution in [2.75, 3.05) is 29.4 Å². The second-order valence-electron chi connectivity index (χ2n) is 9.83. The van der Waals surface area contributed by atoms with E-state index in [2.05, 4.69) is 19.9 Å². The van der Waals surface area contributed by atoms with Crippen molar-refractivity contribution in [2.45, 2.75) is 39.2 Å². The molecule has 0 saturated carbocycles. The number of rotatable bonds is 7. The van der Waals surface area contributed by atoms with E-state index in [0.29, 0.717) is 59.4 Å². The van der Waals surface area contributed by atoms with E-state index in [4.69, 9.17) is 11.6 Å². The number of anilines is 2. The highest BCUT2D eigenvalue weighted by atomic mass is 35.5. The Kier molecular flexibility index (Phi) is 9.42. The number of aromatic nitrogens is 2. The molecule has 0 aliphatic carbocycles. The van der Waals surface area contributed by atoms with E-state index in [9.17, 15) is 18.0 Å². The molecule has 2 aromatic carbocycles. The molecule has 1 fully saturated rings. The number of benzene rings is 2. The molecule has 1 saturated heterocycles. The van der Waals surface area contributed by atoms with Gasteiger partial charge < -0.3 is 19.9 Å². The summed E-state index contributed by atoms with van der Waals surface area (Å²) in [6.07, 6.45) is -2.48. The molecule has 5 rings (SSSR count). The molecule has 3 heterocycles. The SMILES string of the molecule is CCc1nc2cc(Cl)ccn2c1C(=O)NCc1ccc(N2CCN(c3ccc(OC(F)(F)F)cc3)[C@H](C)C2)c(F)c1.Cl. The van der Waals surface area contributed by atoms with Gasteiger partial charge in [0.2, 0.25) is 0 Å². The number of halogens is 6. The Morgan fingerprint density at radius 2 is 1.86 bits per heavy atom. The van der Waals surface area contributed by atoms with Crippen molar-refractivity contribution in [1.82, 2.24) is 14.7 Å². The van der Waals surface area contributed by atoms with Gasteiger partial charge in [0.1, 0.15) is 22.9 Å². The molecule has 42 heavy (non-hydrogen) atoms. The van der Waals surface area contributed by atoms with Crippen LogP contribution in [0.25, 0.3) is 5.65 Å². The van der Waals surface area contributed by atoms with Crippen LogP contribution in [0, 0.1) is 5.82 Å². The quantitative estimate of drug-likeness (QED) is 0.233. The number of carbonyl (C=O) groups excluding carboxylic acids is 1. The third kappa shape index (κ3) is 6.84. The third-order valence-electron chi connectivity index (χ3n) is 7.05. The lowest BCUT2D eigenvalue weighted by molar-refractivity contribution is -0.274. The van der Waals surface area contributed by atoms with Gasteiger partial charge in [-0.05, 0) is 61.4 Å². The highest BCUT2D eigenvalue weighted by molar-refractivity contribution is 6.30. The number of nitrogens with zero attached hydrogens (tertiary/aromatic N) is 4. The number of carbonyl (C=O) groups is 1. The summed E-state index contributed by atoms with van der Waals surface area (Å²) in [6.45, 7) is 5.63. The first-order chi connectivity index (χ1) is 19.5. The topological polar surface area (TPSA) is 62.1 Å². The van der Waals surface area contributed by atoms with E-state index in [1.165, 1.54) is 18.2 Å². The van der Waals surface area contributed by atoms with Gasteiger partial charge in [-0.3, -0.25) is 9.20 Å². The zero-order valence-electron chi connectivity index (χ0n) is 22.8. The Balaban J connectivity index is 0.00000405. The highest BCUT2D eigenvalue weighted by Gasteiger charge is 2.31. The van der Waals surface area contributed by atoms with Crippen molar-refractivity contribution in [1.29, 1.82) is 0 Å². The Labute approximate surface area is 251 Å². The van der Waals surface area contributed by atoms with Crippen LogP contribution < -0.4 is 19.9 Å². The fraction of sp³-hybridized carbons (Fsp3) is 0.310. The van der Waals surface area contributed by atoms with E-state index in [-0.39, 0.29) is 36.7 Å². The molecule has 224 valence electrons. The predicted molar refractivity (Wildman–Crippen MR) is 157 cm³/mol. The van der Waals surface area contributed by atoms with Gasteiger partial charge in [0.15, 0.2) is 0 Å². The molecular formula is C29H29Cl2F4N5O2. The van der Waals surface area contributed by atoms with Gasteiger partial charge in [-0.25, -0.2) is 9.37 Å². The summed E-state index contributed by atoms with van der Waals surface area (Å²) in [6, 6.07) is 14.0. The summed E-state index contributed by atoms with van der Waals surface area (Å²) in [5.74, 6) is -0.992. The lowest BCUT2D eigenvalue weighted by Gasteiger charge is -2.42. The van der Waals surface area contributed by atoms with E-state index in [1.54, 1.807) is 47.0 Å². The first kappa shape index (κ1) is 31.2. The van der Waals surface area contributed by atoms with E-state index in [1.807, 2.05) is 18.7 Å². The van der Waals surface area contributed by atoms with Crippen LogP contribution in [0.4, 0.5) is 28.9 Å². The van der Waals surface area contributed by atoms with Gasteiger partial charge in [-0.15, -0.1) is 25.6 Å². The lowest BCUT2D eigenvalue weighted by Crippen LogP contribution is -2.52. The van der Waals surface area contributed by atoms with Crippen LogP contribution in [0.2, 0.25) is 5.02 Å². The molecule has 0 radical (unpaired) electrons. The normalized spacial score (nSPS) is 15.5. The number of piperazine rings is 1. The molecule has 1 N–H and O–H groups in total. The maximum atomic E-state index is 15.2. The molecule has 0 spiro atoms. The Bertz CT molecular complexity index is 1560. The number of pyridine rings is 1. The minimum atomic E-state index is -4.74. The predicted octanol–water partition coefficient (Wildman–Crippen LogP) is 6.65. The summed E-state index contributed by atoms with van der Waals surface area (Å²) in [5.41, 5.74) is 3.47. The monoisotopic (exact) mass is 625 g/mol. The highest BCUT2D eigenvalue weighted by Crippen LogP contribution is 2.29. The fourth-order valence-electron chi connectivity index (χ4n) is 5.14. The maximum absolute atomic E-state index is 15.2. The second-order valence-corrected chi connectivity index (χ2v) is 10.3. The van der Waals surface area contributed by atoms with Gasteiger partial charge in [0, 0.05) is 55.2 Å². The average Bonchev–Trinajstić information content (AvgIpc) is 3.29. The molecule has 1 aliphatic heterocycles. The van der Waals surface area contributed by atoms with Crippen molar-refractivity contribution < 1.29 is 27.1 Å². The van der Waals surface area contributed by atoms with Gasteiger partial charge in [0.25, 0.3) is 5.91 Å². The largest absolute Gasteiger partial charge is 0.573 e. The van der Waals surface area contributed by atoms with E-state index >= 15 is 4.39 Å². The molecule has 4 aromatic rings. The van der Waals surface area contributed by atoms with Crippen LogP contribution in [-0.4, -0.2) is 47.3 Å². The average molecular weight is 626 g/mol. The number of hydrogen-bond donors (Lipinski definition) is 1. The number of alkyl halides is 3. The van der Waals surface area contributed by atoms with Crippen molar-refractivity contribution in [2.24, 2.45) is 0 Å². The summed E-state index contributed by atoms with van der Waals surface area (Å²) >= 11 is 6.06. The van der Waals surface area contributed by atoms with Crippen molar-refractivity contribution in [3.63, 3.8) is 0 Å². The zero-order chi connectivity index (χ0) is 29.3. The Morgan fingerprint density at radius 3 is 2.50 bits per heavy atom. The number of amides is 1. The van der Waals surface area contributed by atoms with E-state index in [0.717, 1.165) is 5.69 Å². The number of hydrogen-bond acceptors (Lipinski definition) is 5. The molecule has 0 bridgehead atoms. The van der Waals surface area contributed by atoms with Crippen LogP contribution in [0.15, 0.2) is 60.8 Å². The first-order valence-corrected chi connectivity index (χ1v) is 13.5.